The van der Waals surface area contributed by atoms with Crippen LogP contribution in [0.3, 0.4) is 0 Å². The molecule has 3 rings (SSSR count). The molecule has 1 N–H and O–H groups in total. The zero-order chi connectivity index (χ0) is 15.6. The van der Waals surface area contributed by atoms with Crippen LogP contribution in [0.2, 0.25) is 0 Å². The molecule has 24 heavy (non-hydrogen) atoms. The van der Waals surface area contributed by atoms with Crippen molar-refractivity contribution in [1.82, 2.24) is 30.4 Å². The minimum atomic E-state index is -3.20. The van der Waals surface area contributed by atoms with E-state index in [1.807, 2.05) is 0 Å². The molecule has 11 heteroatoms. The highest BCUT2D eigenvalue weighted by Gasteiger charge is 2.16. The normalized spacial score (nSPS) is 15.4. The van der Waals surface area contributed by atoms with Crippen LogP contribution in [0.4, 0.5) is 0 Å². The molecule has 0 aliphatic carbocycles. The molecule has 8 nitrogen and oxygen atoms in total. The summed E-state index contributed by atoms with van der Waals surface area (Å²) in [6.45, 7) is 4.51. The van der Waals surface area contributed by atoms with Crippen molar-refractivity contribution in [3.05, 3.63) is 30.1 Å². The van der Waals surface area contributed by atoms with E-state index in [9.17, 15) is 8.42 Å². The minimum absolute atomic E-state index is 0. The molecule has 0 radical (unpaired) electrons. The third kappa shape index (κ3) is 4.87. The van der Waals surface area contributed by atoms with E-state index >= 15 is 0 Å². The van der Waals surface area contributed by atoms with Crippen LogP contribution in [0.15, 0.2) is 29.2 Å². The lowest BCUT2D eigenvalue weighted by Gasteiger charge is -2.26. The van der Waals surface area contributed by atoms with Crippen molar-refractivity contribution < 1.29 is 8.42 Å². The smallest absolute Gasteiger partial charge is 0.175 e. The quantitative estimate of drug-likeness (QED) is 0.797. The number of tetrazole rings is 1. The van der Waals surface area contributed by atoms with E-state index in [2.05, 4.69) is 25.7 Å². The van der Waals surface area contributed by atoms with Crippen molar-refractivity contribution in [2.75, 3.05) is 32.4 Å². The predicted octanol–water partition coefficient (Wildman–Crippen LogP) is 0.315. The van der Waals surface area contributed by atoms with E-state index in [1.165, 1.54) is 6.26 Å². The van der Waals surface area contributed by atoms with E-state index in [4.69, 9.17) is 0 Å². The largest absolute Gasteiger partial charge is 0.314 e. The summed E-state index contributed by atoms with van der Waals surface area (Å²) in [6, 6.07) is 6.57. The fourth-order valence-electron chi connectivity index (χ4n) is 2.41. The van der Waals surface area contributed by atoms with Crippen LogP contribution in [-0.2, 0) is 16.4 Å². The second-order valence-corrected chi connectivity index (χ2v) is 7.31. The van der Waals surface area contributed by atoms with E-state index in [0.29, 0.717) is 6.54 Å². The van der Waals surface area contributed by atoms with Gasteiger partial charge in [-0.25, -0.2) is 8.42 Å². The number of hydrogen-bond acceptors (Lipinski definition) is 7. The molecule has 2 aromatic rings. The Balaban J connectivity index is 0.00000144. The highest BCUT2D eigenvalue weighted by atomic mass is 35.5. The molecular formula is C13H20Cl2N6O2S. The molecule has 134 valence electrons. The Bertz CT molecular complexity index is 744. The van der Waals surface area contributed by atoms with Gasteiger partial charge in [-0.1, -0.05) is 0 Å². The maximum atomic E-state index is 11.5. The van der Waals surface area contributed by atoms with Crippen LogP contribution in [-0.4, -0.2) is 66.0 Å². The average molecular weight is 395 g/mol. The van der Waals surface area contributed by atoms with E-state index in [0.717, 1.165) is 37.7 Å². The fraction of sp³-hybridized carbons (Fsp3) is 0.462. The maximum absolute atomic E-state index is 11.5. The highest BCUT2D eigenvalue weighted by Crippen LogP contribution is 2.14. The van der Waals surface area contributed by atoms with Crippen LogP contribution in [0.25, 0.3) is 5.69 Å². The average Bonchev–Trinajstić information content (AvgIpc) is 2.96. The van der Waals surface area contributed by atoms with Crippen LogP contribution in [0, 0.1) is 0 Å². The van der Waals surface area contributed by atoms with Crippen molar-refractivity contribution in [1.29, 1.82) is 0 Å². The van der Waals surface area contributed by atoms with E-state index in [-0.39, 0.29) is 29.7 Å². The van der Waals surface area contributed by atoms with Crippen molar-refractivity contribution in [3.8, 4) is 5.69 Å². The number of benzene rings is 1. The molecule has 2 heterocycles. The molecule has 0 spiro atoms. The van der Waals surface area contributed by atoms with Crippen molar-refractivity contribution >= 4 is 34.7 Å². The topological polar surface area (TPSA) is 93.0 Å². The van der Waals surface area contributed by atoms with Crippen LogP contribution in [0.5, 0.6) is 0 Å². The lowest BCUT2D eigenvalue weighted by atomic mass is 10.3. The van der Waals surface area contributed by atoms with Gasteiger partial charge in [0.1, 0.15) is 0 Å². The first-order valence-electron chi connectivity index (χ1n) is 7.05. The Morgan fingerprint density at radius 3 is 2.33 bits per heavy atom. The van der Waals surface area contributed by atoms with Gasteiger partial charge in [0.25, 0.3) is 0 Å². The van der Waals surface area contributed by atoms with Gasteiger partial charge in [-0.15, -0.1) is 29.9 Å². The second-order valence-electron chi connectivity index (χ2n) is 5.30. The number of hydrogen-bond donors (Lipinski definition) is 1. The van der Waals surface area contributed by atoms with Gasteiger partial charge in [0.2, 0.25) is 0 Å². The number of nitrogens with zero attached hydrogens (tertiary/aromatic N) is 5. The Morgan fingerprint density at radius 1 is 1.12 bits per heavy atom. The molecule has 1 aliphatic heterocycles. The lowest BCUT2D eigenvalue weighted by molar-refractivity contribution is 0.226. The van der Waals surface area contributed by atoms with Gasteiger partial charge in [-0.3, -0.25) is 4.90 Å². The molecule has 1 aromatic carbocycles. The zero-order valence-corrected chi connectivity index (χ0v) is 15.6. The zero-order valence-electron chi connectivity index (χ0n) is 13.1. The van der Waals surface area contributed by atoms with Gasteiger partial charge in [0.15, 0.2) is 15.7 Å². The fourth-order valence-corrected chi connectivity index (χ4v) is 3.04. The Hall–Kier alpha value is -1.26. The number of rotatable bonds is 4. The molecule has 1 saturated heterocycles. The number of piperazine rings is 1. The lowest BCUT2D eigenvalue weighted by Crippen LogP contribution is -2.43. The summed E-state index contributed by atoms with van der Waals surface area (Å²) >= 11 is 0. The molecule has 1 aliphatic rings. The first kappa shape index (κ1) is 20.8. The number of aromatic nitrogens is 4. The molecule has 0 unspecified atom stereocenters. The third-order valence-electron chi connectivity index (χ3n) is 3.62. The summed E-state index contributed by atoms with van der Waals surface area (Å²) in [5.41, 5.74) is 0.752. The summed E-state index contributed by atoms with van der Waals surface area (Å²) in [5, 5.41) is 15.1. The van der Waals surface area contributed by atoms with Gasteiger partial charge >= 0.3 is 0 Å². The Morgan fingerprint density at radius 2 is 1.75 bits per heavy atom. The van der Waals surface area contributed by atoms with Gasteiger partial charge < -0.3 is 5.32 Å². The SMILES string of the molecule is CS(=O)(=O)c1ccc(-n2nnnc2CN2CCNCC2)cc1.Cl.Cl. The standard InChI is InChI=1S/C13H18N6O2S.2ClH/c1-22(20,21)12-4-2-11(3-5-12)19-13(15-16-17-19)10-18-8-6-14-7-9-18;;/h2-5,14H,6-10H2,1H3;2*1H. The van der Waals surface area contributed by atoms with Gasteiger partial charge in [0, 0.05) is 32.4 Å². The third-order valence-corrected chi connectivity index (χ3v) is 4.75. The molecule has 1 aromatic heterocycles. The summed E-state index contributed by atoms with van der Waals surface area (Å²) in [4.78, 5) is 2.57. The minimum Gasteiger partial charge on any atom is -0.314 e. The summed E-state index contributed by atoms with van der Waals surface area (Å²) in [7, 11) is -3.20. The Labute approximate surface area is 153 Å². The van der Waals surface area contributed by atoms with Crippen molar-refractivity contribution in [2.24, 2.45) is 0 Å². The molecule has 0 amide bonds. The highest BCUT2D eigenvalue weighted by molar-refractivity contribution is 7.90. The van der Waals surface area contributed by atoms with E-state index in [1.54, 1.807) is 28.9 Å². The number of sulfone groups is 1. The molecule has 0 atom stereocenters. The molecule has 0 bridgehead atoms. The molecule has 0 saturated carbocycles. The van der Waals surface area contributed by atoms with Crippen LogP contribution in [0.1, 0.15) is 5.82 Å². The summed E-state index contributed by atoms with van der Waals surface area (Å²) in [6.07, 6.45) is 1.19. The number of halogens is 2. The van der Waals surface area contributed by atoms with Crippen molar-refractivity contribution in [2.45, 2.75) is 11.4 Å². The van der Waals surface area contributed by atoms with Gasteiger partial charge in [0.05, 0.1) is 17.1 Å². The Kier molecular flexibility index (Phi) is 7.56. The number of nitrogens with one attached hydrogen (secondary N) is 1. The van der Waals surface area contributed by atoms with Crippen molar-refractivity contribution in [3.63, 3.8) is 0 Å². The summed E-state index contributed by atoms with van der Waals surface area (Å²) < 4.78 is 24.6. The van der Waals surface area contributed by atoms with E-state index < -0.39 is 9.84 Å². The van der Waals surface area contributed by atoms with Crippen LogP contribution >= 0.6 is 24.8 Å². The molecule has 1 fully saturated rings. The predicted molar refractivity (Wildman–Crippen MR) is 94.9 cm³/mol. The monoisotopic (exact) mass is 394 g/mol. The van der Waals surface area contributed by atoms with Gasteiger partial charge in [-0.05, 0) is 34.7 Å². The first-order valence-corrected chi connectivity index (χ1v) is 8.94. The molecular weight excluding hydrogens is 375 g/mol. The second kappa shape index (κ2) is 8.72. The maximum Gasteiger partial charge on any atom is 0.175 e. The van der Waals surface area contributed by atoms with Crippen LogP contribution < -0.4 is 5.32 Å². The summed E-state index contributed by atoms with van der Waals surface area (Å²) in [5.74, 6) is 0.744. The van der Waals surface area contributed by atoms with Gasteiger partial charge in [-0.2, -0.15) is 4.68 Å². The first-order chi connectivity index (χ1) is 10.5.